The second-order valence-electron chi connectivity index (χ2n) is 10.0. The molecular weight excluding hydrogens is 526 g/mol. The Bertz CT molecular complexity index is 1450. The van der Waals surface area contributed by atoms with Gasteiger partial charge in [-0.1, -0.05) is 30.3 Å². The lowest BCUT2D eigenvalue weighted by molar-refractivity contribution is 0.0947. The second-order valence-corrected chi connectivity index (χ2v) is 10.0. The molecule has 0 fully saturated rings. The van der Waals surface area contributed by atoms with Gasteiger partial charge in [0.2, 0.25) is 0 Å². The summed E-state index contributed by atoms with van der Waals surface area (Å²) in [5, 5.41) is 11.7. The van der Waals surface area contributed by atoms with Crippen molar-refractivity contribution >= 4 is 41.3 Å². The van der Waals surface area contributed by atoms with E-state index in [0.29, 0.717) is 17.7 Å². The molecule has 0 saturated heterocycles. The van der Waals surface area contributed by atoms with Gasteiger partial charge in [-0.25, -0.2) is 10.9 Å². The zero-order valence-electron chi connectivity index (χ0n) is 24.2. The Labute approximate surface area is 246 Å². The van der Waals surface area contributed by atoms with Gasteiger partial charge in [-0.05, 0) is 83.4 Å². The van der Waals surface area contributed by atoms with E-state index in [2.05, 4.69) is 26.4 Å². The summed E-state index contributed by atoms with van der Waals surface area (Å²) in [5.74, 6) is -0.615. The van der Waals surface area contributed by atoms with Crippen molar-refractivity contribution in [1.82, 2.24) is 10.9 Å². The van der Waals surface area contributed by atoms with Crippen LogP contribution in [-0.2, 0) is 6.54 Å². The first-order chi connectivity index (χ1) is 20.3. The molecule has 9 nitrogen and oxygen atoms in total. The summed E-state index contributed by atoms with van der Waals surface area (Å²) in [7, 11) is 7.77. The number of benzene rings is 4. The molecule has 214 valence electrons. The number of carbonyl (C=O) groups is 2. The molecule has 2 amide bonds. The van der Waals surface area contributed by atoms with E-state index in [4.69, 9.17) is 0 Å². The first kappa shape index (κ1) is 29.5. The smallest absolute Gasteiger partial charge is 0.271 e. The van der Waals surface area contributed by atoms with E-state index in [1.54, 1.807) is 36.7 Å². The summed E-state index contributed by atoms with van der Waals surface area (Å²) in [6.45, 7) is 0.622. The number of amides is 2. The minimum absolute atomic E-state index is 0.307. The molecule has 0 aliphatic rings. The molecule has 4 aromatic rings. The van der Waals surface area contributed by atoms with Gasteiger partial charge in [0.1, 0.15) is 0 Å². The molecule has 0 aliphatic carbocycles. The van der Waals surface area contributed by atoms with Crippen molar-refractivity contribution in [3.8, 4) is 0 Å². The van der Waals surface area contributed by atoms with E-state index < -0.39 is 0 Å². The summed E-state index contributed by atoms with van der Waals surface area (Å²) in [4.78, 5) is 29.1. The topological polar surface area (TPSA) is 101 Å². The molecular formula is C33H35N7O2. The number of carbonyl (C=O) groups excluding carboxylic acids is 2. The Kier molecular flexibility index (Phi) is 10.0. The lowest BCUT2D eigenvalue weighted by atomic mass is 10.1. The summed E-state index contributed by atoms with van der Waals surface area (Å²) >= 11 is 0. The van der Waals surface area contributed by atoms with E-state index in [1.165, 1.54) is 0 Å². The minimum Gasteiger partial charge on any atom is -0.381 e. The Morgan fingerprint density at radius 2 is 1.10 bits per heavy atom. The van der Waals surface area contributed by atoms with Gasteiger partial charge in [-0.2, -0.15) is 10.2 Å². The Hall–Kier alpha value is -5.44. The van der Waals surface area contributed by atoms with Crippen LogP contribution in [0.25, 0.3) is 0 Å². The van der Waals surface area contributed by atoms with Crippen molar-refractivity contribution in [3.05, 3.63) is 125 Å². The van der Waals surface area contributed by atoms with Crippen molar-refractivity contribution in [3.63, 3.8) is 0 Å². The fourth-order valence-electron chi connectivity index (χ4n) is 4.01. The fraction of sp³-hybridized carbons (Fsp3) is 0.152. The maximum atomic E-state index is 12.6. The van der Waals surface area contributed by atoms with Crippen LogP contribution in [0.1, 0.15) is 37.4 Å². The van der Waals surface area contributed by atoms with Crippen molar-refractivity contribution in [2.24, 2.45) is 10.2 Å². The van der Waals surface area contributed by atoms with E-state index in [1.807, 2.05) is 111 Å². The number of hydrogen-bond acceptors (Lipinski definition) is 7. The van der Waals surface area contributed by atoms with Crippen molar-refractivity contribution in [2.75, 3.05) is 43.3 Å². The maximum absolute atomic E-state index is 12.6. The summed E-state index contributed by atoms with van der Waals surface area (Å²) in [5.41, 5.74) is 11.6. The first-order valence-corrected chi connectivity index (χ1v) is 13.4. The van der Waals surface area contributed by atoms with E-state index in [9.17, 15) is 9.59 Å². The summed E-state index contributed by atoms with van der Waals surface area (Å²) < 4.78 is 0. The average Bonchev–Trinajstić information content (AvgIpc) is 3.00. The third-order valence-corrected chi connectivity index (χ3v) is 6.37. The first-order valence-electron chi connectivity index (χ1n) is 13.4. The van der Waals surface area contributed by atoms with Crippen LogP contribution in [-0.4, -0.2) is 52.4 Å². The molecule has 0 spiro atoms. The van der Waals surface area contributed by atoms with Crippen molar-refractivity contribution < 1.29 is 9.59 Å². The number of hydrogen-bond donors (Lipinski definition) is 3. The SMILES string of the molecule is CN(C)c1ccc(C(=O)N/N=C/c2cc(/C=N/NC(=O)c3ccc(N(C)C)cc3)cc(NCc3ccccc3)c2)cc1. The molecule has 3 N–H and O–H groups in total. The number of rotatable bonds is 11. The highest BCUT2D eigenvalue weighted by Gasteiger charge is 2.07. The van der Waals surface area contributed by atoms with Gasteiger partial charge in [0.25, 0.3) is 11.8 Å². The Balaban J connectivity index is 1.46. The maximum Gasteiger partial charge on any atom is 0.271 e. The molecule has 0 atom stereocenters. The monoisotopic (exact) mass is 561 g/mol. The second kappa shape index (κ2) is 14.3. The van der Waals surface area contributed by atoms with Gasteiger partial charge in [0.05, 0.1) is 12.4 Å². The normalized spacial score (nSPS) is 11.0. The van der Waals surface area contributed by atoms with Crippen LogP contribution in [0.2, 0.25) is 0 Å². The van der Waals surface area contributed by atoms with Gasteiger partial charge >= 0.3 is 0 Å². The quantitative estimate of drug-likeness (QED) is 0.178. The van der Waals surface area contributed by atoms with Crippen LogP contribution in [0, 0.1) is 0 Å². The van der Waals surface area contributed by atoms with Gasteiger partial charge in [0, 0.05) is 62.9 Å². The largest absolute Gasteiger partial charge is 0.381 e. The molecule has 0 bridgehead atoms. The van der Waals surface area contributed by atoms with Crippen LogP contribution in [0.4, 0.5) is 17.1 Å². The molecule has 0 unspecified atom stereocenters. The van der Waals surface area contributed by atoms with Crippen LogP contribution in [0.15, 0.2) is 107 Å². The molecule has 42 heavy (non-hydrogen) atoms. The van der Waals surface area contributed by atoms with Crippen molar-refractivity contribution in [1.29, 1.82) is 0 Å². The summed E-state index contributed by atoms with van der Waals surface area (Å²) in [6, 6.07) is 30.3. The van der Waals surface area contributed by atoms with E-state index in [-0.39, 0.29) is 11.8 Å². The standard InChI is InChI=1S/C33H35N7O2/c1-39(2)30-14-10-27(11-15-30)32(41)37-35-22-25-18-26(20-29(19-25)34-21-24-8-6-5-7-9-24)23-36-38-33(42)28-12-16-31(17-13-28)40(3)4/h5-20,22-23,34H,21H2,1-4H3,(H,37,41)(H,38,42)/b35-22+,36-23+. The molecule has 0 saturated carbocycles. The Morgan fingerprint density at radius 3 is 1.52 bits per heavy atom. The third-order valence-electron chi connectivity index (χ3n) is 6.37. The van der Waals surface area contributed by atoms with Gasteiger partial charge < -0.3 is 15.1 Å². The van der Waals surface area contributed by atoms with E-state index in [0.717, 1.165) is 33.8 Å². The zero-order valence-corrected chi connectivity index (χ0v) is 24.2. The van der Waals surface area contributed by atoms with Crippen LogP contribution in [0.5, 0.6) is 0 Å². The average molecular weight is 562 g/mol. The van der Waals surface area contributed by atoms with Crippen molar-refractivity contribution in [2.45, 2.75) is 6.54 Å². The third kappa shape index (κ3) is 8.53. The number of nitrogens with one attached hydrogen (secondary N) is 3. The zero-order chi connectivity index (χ0) is 29.9. The molecule has 0 aromatic heterocycles. The Morgan fingerprint density at radius 1 is 0.643 bits per heavy atom. The predicted molar refractivity (Wildman–Crippen MR) is 172 cm³/mol. The fourth-order valence-corrected chi connectivity index (χ4v) is 4.01. The molecule has 4 aromatic carbocycles. The number of anilines is 3. The molecule has 0 radical (unpaired) electrons. The summed E-state index contributed by atoms with van der Waals surface area (Å²) in [6.07, 6.45) is 3.14. The lowest BCUT2D eigenvalue weighted by Gasteiger charge is -2.12. The predicted octanol–water partition coefficient (Wildman–Crippen LogP) is 4.96. The highest BCUT2D eigenvalue weighted by atomic mass is 16.2. The minimum atomic E-state index is -0.307. The van der Waals surface area contributed by atoms with Gasteiger partial charge in [0.15, 0.2) is 0 Å². The molecule has 9 heteroatoms. The van der Waals surface area contributed by atoms with E-state index >= 15 is 0 Å². The van der Waals surface area contributed by atoms with Gasteiger partial charge in [-0.3, -0.25) is 9.59 Å². The van der Waals surface area contributed by atoms with Crippen LogP contribution >= 0.6 is 0 Å². The highest BCUT2D eigenvalue weighted by molar-refractivity contribution is 5.96. The number of nitrogens with zero attached hydrogens (tertiary/aromatic N) is 4. The van der Waals surface area contributed by atoms with Crippen LogP contribution < -0.4 is 26.0 Å². The lowest BCUT2D eigenvalue weighted by Crippen LogP contribution is -2.18. The molecule has 4 rings (SSSR count). The van der Waals surface area contributed by atoms with Crippen LogP contribution in [0.3, 0.4) is 0 Å². The highest BCUT2D eigenvalue weighted by Crippen LogP contribution is 2.16. The molecule has 0 heterocycles. The number of hydrazone groups is 2. The molecule has 0 aliphatic heterocycles. The van der Waals surface area contributed by atoms with Gasteiger partial charge in [-0.15, -0.1) is 0 Å².